The fraction of sp³-hybridized carbons (Fsp3) is 0.632. The Kier molecular flexibility index (Phi) is 3.21. The van der Waals surface area contributed by atoms with E-state index in [-0.39, 0.29) is 5.41 Å². The van der Waals surface area contributed by atoms with Crippen molar-refractivity contribution in [1.29, 1.82) is 0 Å². The second kappa shape index (κ2) is 5.00. The Morgan fingerprint density at radius 1 is 1.23 bits per heavy atom. The number of benzene rings is 1. The zero-order chi connectivity index (χ0) is 15.3. The molecular formula is C19H26N2O. The molecule has 22 heavy (non-hydrogen) atoms. The third-order valence-corrected chi connectivity index (χ3v) is 6.83. The van der Waals surface area contributed by atoms with Gasteiger partial charge in [-0.2, -0.15) is 5.10 Å². The lowest BCUT2D eigenvalue weighted by molar-refractivity contribution is 0.0955. The maximum absolute atomic E-state index is 5.68. The molecule has 1 aromatic rings. The molecule has 0 saturated heterocycles. The van der Waals surface area contributed by atoms with Crippen molar-refractivity contribution in [3.05, 3.63) is 29.3 Å². The van der Waals surface area contributed by atoms with Crippen molar-refractivity contribution in [2.24, 2.45) is 28.2 Å². The summed E-state index contributed by atoms with van der Waals surface area (Å²) in [7, 11) is 1.76. The molecule has 0 amide bonds. The van der Waals surface area contributed by atoms with Crippen molar-refractivity contribution in [1.82, 2.24) is 0 Å². The average molecular weight is 298 g/mol. The summed E-state index contributed by atoms with van der Waals surface area (Å²) in [6.45, 7) is 2.41. The number of aryl methyl sites for hydroxylation is 1. The minimum absolute atomic E-state index is 0.264. The summed E-state index contributed by atoms with van der Waals surface area (Å²) in [4.78, 5) is 0. The molecule has 0 spiro atoms. The molecule has 3 heteroatoms. The molecule has 4 rings (SSSR count). The summed E-state index contributed by atoms with van der Waals surface area (Å²) in [6, 6.07) is 6.71. The lowest BCUT2D eigenvalue weighted by Crippen LogP contribution is -2.42. The molecule has 0 radical (unpaired) electrons. The van der Waals surface area contributed by atoms with E-state index in [2.05, 4.69) is 30.2 Å². The Balaban J connectivity index is 1.69. The van der Waals surface area contributed by atoms with Gasteiger partial charge in [0.15, 0.2) is 0 Å². The highest BCUT2D eigenvalue weighted by Gasteiger charge is 2.53. The van der Waals surface area contributed by atoms with Crippen LogP contribution in [0.1, 0.15) is 56.1 Å². The van der Waals surface area contributed by atoms with E-state index >= 15 is 0 Å². The lowest BCUT2D eigenvalue weighted by Gasteiger charge is -2.49. The lowest BCUT2D eigenvalue weighted by atomic mass is 9.55. The predicted octanol–water partition coefficient (Wildman–Crippen LogP) is 3.87. The summed E-state index contributed by atoms with van der Waals surface area (Å²) in [5.74, 6) is 8.97. The van der Waals surface area contributed by atoms with Crippen molar-refractivity contribution >= 4 is 5.71 Å². The minimum Gasteiger partial charge on any atom is -0.497 e. The summed E-state index contributed by atoms with van der Waals surface area (Å²) in [5.41, 5.74) is 4.63. The van der Waals surface area contributed by atoms with Gasteiger partial charge in [-0.3, -0.25) is 0 Å². The molecule has 2 N–H and O–H groups in total. The Labute approximate surface area is 132 Å². The zero-order valence-electron chi connectivity index (χ0n) is 13.6. The van der Waals surface area contributed by atoms with E-state index < -0.39 is 0 Å². The number of methoxy groups -OCH3 is 1. The van der Waals surface area contributed by atoms with Gasteiger partial charge in [-0.15, -0.1) is 0 Å². The predicted molar refractivity (Wildman–Crippen MR) is 89.2 cm³/mol. The first-order chi connectivity index (χ1) is 10.7. The number of rotatable bonds is 1. The maximum Gasteiger partial charge on any atom is 0.119 e. The highest BCUT2D eigenvalue weighted by atomic mass is 16.5. The number of nitrogens with two attached hydrogens (primary N) is 1. The molecule has 1 aromatic carbocycles. The number of ether oxygens (including phenoxy) is 1. The van der Waals surface area contributed by atoms with E-state index in [4.69, 9.17) is 10.6 Å². The summed E-state index contributed by atoms with van der Waals surface area (Å²) >= 11 is 0. The zero-order valence-corrected chi connectivity index (χ0v) is 13.6. The Hall–Kier alpha value is -1.51. The third-order valence-electron chi connectivity index (χ3n) is 6.83. The molecule has 3 aliphatic rings. The molecule has 0 unspecified atom stereocenters. The van der Waals surface area contributed by atoms with Crippen molar-refractivity contribution in [3.8, 4) is 5.75 Å². The standard InChI is InChI=1S/C19H26N2O/c1-19-10-9-15-14-6-4-13(22-2)11-12(14)3-5-16(15)17(19)7-8-18(19)21-20/h4,6,11,15-17H,3,5,7-10,20H2,1-2H3/b21-18+/t15-,16-,17+,19-/m1/s1. The van der Waals surface area contributed by atoms with E-state index in [0.717, 1.165) is 29.9 Å². The van der Waals surface area contributed by atoms with Gasteiger partial charge in [0.2, 0.25) is 0 Å². The van der Waals surface area contributed by atoms with Crippen molar-refractivity contribution < 1.29 is 4.74 Å². The van der Waals surface area contributed by atoms with Crippen molar-refractivity contribution in [2.75, 3.05) is 7.11 Å². The average Bonchev–Trinajstić information content (AvgIpc) is 2.90. The van der Waals surface area contributed by atoms with E-state index in [9.17, 15) is 0 Å². The van der Waals surface area contributed by atoms with Gasteiger partial charge in [0.25, 0.3) is 0 Å². The van der Waals surface area contributed by atoms with Crippen LogP contribution in [0.15, 0.2) is 23.3 Å². The van der Waals surface area contributed by atoms with E-state index in [1.54, 1.807) is 12.7 Å². The molecule has 0 heterocycles. The van der Waals surface area contributed by atoms with Crippen LogP contribution in [0, 0.1) is 17.3 Å². The van der Waals surface area contributed by atoms with Crippen LogP contribution in [0.5, 0.6) is 5.75 Å². The molecule has 2 fully saturated rings. The third kappa shape index (κ3) is 1.84. The summed E-state index contributed by atoms with van der Waals surface area (Å²) < 4.78 is 5.40. The van der Waals surface area contributed by atoms with Crippen LogP contribution in [-0.2, 0) is 6.42 Å². The van der Waals surface area contributed by atoms with Gasteiger partial charge in [-0.05, 0) is 79.5 Å². The van der Waals surface area contributed by atoms with Crippen LogP contribution in [0.25, 0.3) is 0 Å². The molecule has 3 aliphatic carbocycles. The molecule has 3 nitrogen and oxygen atoms in total. The summed E-state index contributed by atoms with van der Waals surface area (Å²) in [5, 5.41) is 4.15. The van der Waals surface area contributed by atoms with Crippen molar-refractivity contribution in [2.45, 2.75) is 51.4 Å². The quantitative estimate of drug-likeness (QED) is 0.632. The Bertz CT molecular complexity index is 624. The van der Waals surface area contributed by atoms with E-state index in [1.165, 1.54) is 43.4 Å². The van der Waals surface area contributed by atoms with E-state index in [0.29, 0.717) is 0 Å². The summed E-state index contributed by atoms with van der Waals surface area (Å²) in [6.07, 6.45) is 7.39. The molecular weight excluding hydrogens is 272 g/mol. The monoisotopic (exact) mass is 298 g/mol. The van der Waals surface area contributed by atoms with Crippen LogP contribution < -0.4 is 10.6 Å². The van der Waals surface area contributed by atoms with Gasteiger partial charge in [0.05, 0.1) is 7.11 Å². The second-order valence-electron chi connectivity index (χ2n) is 7.55. The van der Waals surface area contributed by atoms with E-state index in [1.807, 2.05) is 0 Å². The minimum atomic E-state index is 0.264. The molecule has 118 valence electrons. The fourth-order valence-corrected chi connectivity index (χ4v) is 5.69. The number of fused-ring (bicyclic) bond motifs is 5. The van der Waals surface area contributed by atoms with Crippen LogP contribution in [0.3, 0.4) is 0 Å². The first-order valence-corrected chi connectivity index (χ1v) is 8.61. The van der Waals surface area contributed by atoms with Crippen molar-refractivity contribution in [3.63, 3.8) is 0 Å². The Morgan fingerprint density at radius 2 is 2.09 bits per heavy atom. The number of hydrogen-bond acceptors (Lipinski definition) is 3. The van der Waals surface area contributed by atoms with Gasteiger partial charge in [-0.25, -0.2) is 0 Å². The first-order valence-electron chi connectivity index (χ1n) is 8.61. The number of nitrogens with zero attached hydrogens (tertiary/aromatic N) is 1. The van der Waals surface area contributed by atoms with Crippen LogP contribution >= 0.6 is 0 Å². The first kappa shape index (κ1) is 14.1. The van der Waals surface area contributed by atoms with Gasteiger partial charge in [0.1, 0.15) is 5.75 Å². The van der Waals surface area contributed by atoms with Gasteiger partial charge in [0, 0.05) is 11.1 Å². The Morgan fingerprint density at radius 3 is 2.86 bits per heavy atom. The maximum atomic E-state index is 5.68. The van der Waals surface area contributed by atoms with Crippen LogP contribution in [0.2, 0.25) is 0 Å². The van der Waals surface area contributed by atoms with Crippen LogP contribution in [0.4, 0.5) is 0 Å². The van der Waals surface area contributed by atoms with Gasteiger partial charge < -0.3 is 10.6 Å². The molecule has 0 aliphatic heterocycles. The number of hydrazone groups is 1. The van der Waals surface area contributed by atoms with Crippen LogP contribution in [-0.4, -0.2) is 12.8 Å². The molecule has 0 aromatic heterocycles. The number of hydrogen-bond donors (Lipinski definition) is 1. The van der Waals surface area contributed by atoms with Gasteiger partial charge in [-0.1, -0.05) is 13.0 Å². The fourth-order valence-electron chi connectivity index (χ4n) is 5.69. The topological polar surface area (TPSA) is 47.6 Å². The molecule has 0 bridgehead atoms. The highest BCUT2D eigenvalue weighted by molar-refractivity contribution is 5.92. The molecule has 2 saturated carbocycles. The highest BCUT2D eigenvalue weighted by Crippen LogP contribution is 2.59. The SMILES string of the molecule is COc1ccc2c(c1)CC[C@@H]1[C@@H]2CC[C@@]2(C)/C(=N/N)CC[C@@H]12. The second-order valence-corrected chi connectivity index (χ2v) is 7.55. The smallest absolute Gasteiger partial charge is 0.119 e. The van der Waals surface area contributed by atoms with Gasteiger partial charge >= 0.3 is 0 Å². The largest absolute Gasteiger partial charge is 0.497 e. The normalized spacial score (nSPS) is 38.3. The molecule has 4 atom stereocenters.